The van der Waals surface area contributed by atoms with Gasteiger partial charge in [-0.3, -0.25) is 9.69 Å². The first-order chi connectivity index (χ1) is 19.9. The first kappa shape index (κ1) is 29.1. The fourth-order valence-electron chi connectivity index (χ4n) is 4.69. The zero-order chi connectivity index (χ0) is 28.6. The van der Waals surface area contributed by atoms with Gasteiger partial charge in [0.2, 0.25) is 12.7 Å². The Morgan fingerprint density at radius 3 is 2.56 bits per heavy atom. The summed E-state index contributed by atoms with van der Waals surface area (Å²) in [4.78, 5) is 32.7. The lowest BCUT2D eigenvalue weighted by molar-refractivity contribution is -0.133. The number of anilines is 1. The van der Waals surface area contributed by atoms with Gasteiger partial charge >= 0.3 is 6.03 Å². The molecule has 1 fully saturated rings. The van der Waals surface area contributed by atoms with Crippen LogP contribution in [0.1, 0.15) is 17.7 Å². The number of benzene rings is 2. The van der Waals surface area contributed by atoms with Gasteiger partial charge in [0.15, 0.2) is 11.5 Å². The van der Waals surface area contributed by atoms with Gasteiger partial charge in [0.1, 0.15) is 12.3 Å². The van der Waals surface area contributed by atoms with E-state index in [1.165, 1.54) is 4.90 Å². The molecule has 2 aliphatic rings. The Morgan fingerprint density at radius 2 is 1.78 bits per heavy atom. The van der Waals surface area contributed by atoms with Gasteiger partial charge in [0.25, 0.3) is 0 Å². The number of carbonyl (C=O) groups excluding carboxylic acids is 2. The Hall–Kier alpha value is -3.44. The molecule has 0 spiro atoms. The van der Waals surface area contributed by atoms with Crippen molar-refractivity contribution < 1.29 is 28.2 Å². The molecule has 3 heterocycles. The van der Waals surface area contributed by atoms with Gasteiger partial charge in [0, 0.05) is 37.7 Å². The van der Waals surface area contributed by atoms with Crippen LogP contribution < -0.4 is 14.8 Å². The lowest BCUT2D eigenvalue weighted by Gasteiger charge is -2.30. The van der Waals surface area contributed by atoms with Crippen molar-refractivity contribution in [3.8, 4) is 11.5 Å². The molecule has 41 heavy (non-hydrogen) atoms. The molecule has 0 saturated carbocycles. The Labute approximate surface area is 248 Å². The monoisotopic (exact) mass is 602 g/mol. The third-order valence-corrected chi connectivity index (χ3v) is 7.43. The molecule has 5 rings (SSSR count). The summed E-state index contributed by atoms with van der Waals surface area (Å²) >= 11 is 12.3. The summed E-state index contributed by atoms with van der Waals surface area (Å²) in [6.07, 6.45) is 2.26. The normalized spacial score (nSPS) is 14.6. The lowest BCUT2D eigenvalue weighted by atomic mass is 10.2. The molecule has 1 aromatic heterocycles. The number of halogens is 2. The minimum atomic E-state index is -0.425. The van der Waals surface area contributed by atoms with E-state index in [0.29, 0.717) is 65.7 Å². The van der Waals surface area contributed by atoms with E-state index in [-0.39, 0.29) is 25.8 Å². The van der Waals surface area contributed by atoms with Gasteiger partial charge in [-0.25, -0.2) is 4.79 Å². The van der Waals surface area contributed by atoms with E-state index < -0.39 is 6.03 Å². The summed E-state index contributed by atoms with van der Waals surface area (Å²) in [6, 6.07) is 13.6. The number of urea groups is 1. The van der Waals surface area contributed by atoms with Crippen molar-refractivity contribution >= 4 is 40.8 Å². The highest BCUT2D eigenvalue weighted by atomic mass is 35.5. The average Bonchev–Trinajstić information content (AvgIpc) is 3.66. The van der Waals surface area contributed by atoms with Gasteiger partial charge in [-0.15, -0.1) is 0 Å². The molecule has 0 radical (unpaired) electrons. The van der Waals surface area contributed by atoms with Crippen LogP contribution in [-0.2, 0) is 22.6 Å². The summed E-state index contributed by atoms with van der Waals surface area (Å²) in [6.45, 7) is 4.81. The maximum absolute atomic E-state index is 13.8. The predicted molar refractivity (Wildman–Crippen MR) is 154 cm³/mol. The number of rotatable bonds is 11. The number of hydrogen-bond acceptors (Lipinski definition) is 7. The minimum absolute atomic E-state index is 0.134. The van der Waals surface area contributed by atoms with Crippen LogP contribution in [0.4, 0.5) is 10.5 Å². The highest BCUT2D eigenvalue weighted by Gasteiger charge is 2.24. The molecule has 0 unspecified atom stereocenters. The molecule has 0 aliphatic carbocycles. The summed E-state index contributed by atoms with van der Waals surface area (Å²) < 4.78 is 21.9. The first-order valence-corrected chi connectivity index (χ1v) is 14.2. The molecule has 2 aromatic carbocycles. The van der Waals surface area contributed by atoms with Crippen LogP contribution in [-0.4, -0.2) is 79.4 Å². The summed E-state index contributed by atoms with van der Waals surface area (Å²) in [5.74, 6) is 1.71. The first-order valence-electron chi connectivity index (χ1n) is 13.4. The van der Waals surface area contributed by atoms with E-state index in [9.17, 15) is 9.59 Å². The number of furan rings is 1. The van der Waals surface area contributed by atoms with Gasteiger partial charge < -0.3 is 33.7 Å². The van der Waals surface area contributed by atoms with Crippen molar-refractivity contribution in [3.63, 3.8) is 0 Å². The van der Waals surface area contributed by atoms with Crippen molar-refractivity contribution in [3.05, 3.63) is 76.2 Å². The van der Waals surface area contributed by atoms with Crippen molar-refractivity contribution in [1.82, 2.24) is 14.7 Å². The van der Waals surface area contributed by atoms with E-state index in [4.69, 9.17) is 41.8 Å². The fourth-order valence-corrected chi connectivity index (χ4v) is 5.15. The molecule has 3 aromatic rings. The molecular weight excluding hydrogens is 571 g/mol. The molecular formula is C29H32Cl2N4O6. The third-order valence-electron chi connectivity index (χ3n) is 6.88. The maximum Gasteiger partial charge on any atom is 0.322 e. The minimum Gasteiger partial charge on any atom is -0.467 e. The van der Waals surface area contributed by atoms with E-state index in [1.807, 2.05) is 24.3 Å². The maximum atomic E-state index is 13.8. The van der Waals surface area contributed by atoms with E-state index >= 15 is 0 Å². The van der Waals surface area contributed by atoms with Gasteiger partial charge in [-0.2, -0.15) is 0 Å². The van der Waals surface area contributed by atoms with Crippen LogP contribution in [0.15, 0.2) is 59.2 Å². The Kier molecular flexibility index (Phi) is 9.89. The van der Waals surface area contributed by atoms with E-state index in [0.717, 1.165) is 25.2 Å². The van der Waals surface area contributed by atoms with Crippen LogP contribution in [0.25, 0.3) is 0 Å². The molecule has 1 N–H and O–H groups in total. The smallest absolute Gasteiger partial charge is 0.322 e. The lowest BCUT2D eigenvalue weighted by Crippen LogP contribution is -2.45. The number of nitrogens with zero attached hydrogens (tertiary/aromatic N) is 3. The number of nitrogens with one attached hydrogen (secondary N) is 1. The molecule has 218 valence electrons. The Morgan fingerprint density at radius 1 is 0.951 bits per heavy atom. The summed E-state index contributed by atoms with van der Waals surface area (Å²) in [5.41, 5.74) is 1.28. The Balaban J connectivity index is 1.30. The quantitative estimate of drug-likeness (QED) is 0.326. The molecule has 12 heteroatoms. The molecule has 0 atom stereocenters. The van der Waals surface area contributed by atoms with Crippen molar-refractivity contribution in [2.45, 2.75) is 19.5 Å². The highest BCUT2D eigenvalue weighted by Crippen LogP contribution is 2.33. The summed E-state index contributed by atoms with van der Waals surface area (Å²) in [5, 5.41) is 3.61. The van der Waals surface area contributed by atoms with Crippen molar-refractivity contribution in [1.29, 1.82) is 0 Å². The third kappa shape index (κ3) is 8.07. The second kappa shape index (κ2) is 14.0. The number of morpholine rings is 1. The summed E-state index contributed by atoms with van der Waals surface area (Å²) in [7, 11) is 0. The molecule has 1 saturated heterocycles. The van der Waals surface area contributed by atoms with Crippen LogP contribution in [0.2, 0.25) is 10.0 Å². The van der Waals surface area contributed by atoms with E-state index in [1.54, 1.807) is 35.4 Å². The largest absolute Gasteiger partial charge is 0.467 e. The standard InChI is InChI=1S/C29H32Cl2N4O6/c30-22-5-6-25(24(31)16-22)32-29(37)34(9-2-8-33-10-13-38-14-11-33)19-28(36)35(18-23-3-1-12-39-23)17-21-4-7-26-27(15-21)41-20-40-26/h1,3-7,12,15-16H,2,8-11,13-14,17-20H2,(H,32,37). The zero-order valence-corrected chi connectivity index (χ0v) is 24.0. The number of carbonyl (C=O) groups is 2. The second-order valence-electron chi connectivity index (χ2n) is 9.80. The Bertz CT molecular complexity index is 1330. The van der Waals surface area contributed by atoms with E-state index in [2.05, 4.69) is 10.2 Å². The van der Waals surface area contributed by atoms with Gasteiger partial charge in [-0.1, -0.05) is 29.3 Å². The predicted octanol–water partition coefficient (Wildman–Crippen LogP) is 5.10. The molecule has 3 amide bonds. The van der Waals surface area contributed by atoms with Gasteiger partial charge in [-0.05, 0) is 54.4 Å². The number of ether oxygens (including phenoxy) is 3. The topological polar surface area (TPSA) is 96.7 Å². The fraction of sp³-hybridized carbons (Fsp3) is 0.379. The van der Waals surface area contributed by atoms with Gasteiger partial charge in [0.05, 0.1) is 36.7 Å². The molecule has 2 aliphatic heterocycles. The average molecular weight is 604 g/mol. The van der Waals surface area contributed by atoms with Crippen LogP contribution in [0, 0.1) is 0 Å². The number of fused-ring (bicyclic) bond motifs is 1. The SMILES string of the molecule is O=C(CN(CCCN1CCOCC1)C(=O)Nc1ccc(Cl)cc1Cl)N(Cc1ccc2c(c1)OCO2)Cc1ccco1. The molecule has 0 bridgehead atoms. The number of hydrogen-bond donors (Lipinski definition) is 1. The second-order valence-corrected chi connectivity index (χ2v) is 10.6. The van der Waals surface area contributed by atoms with Crippen molar-refractivity contribution in [2.75, 3.05) is 58.0 Å². The highest BCUT2D eigenvalue weighted by molar-refractivity contribution is 6.36. The van der Waals surface area contributed by atoms with Crippen LogP contribution in [0.3, 0.4) is 0 Å². The number of amides is 3. The molecule has 10 nitrogen and oxygen atoms in total. The van der Waals surface area contributed by atoms with Crippen LogP contribution >= 0.6 is 23.2 Å². The van der Waals surface area contributed by atoms with Crippen molar-refractivity contribution in [2.24, 2.45) is 0 Å². The zero-order valence-electron chi connectivity index (χ0n) is 22.5. The van der Waals surface area contributed by atoms with Crippen LogP contribution in [0.5, 0.6) is 11.5 Å².